The molecule has 1 saturated heterocycles. The zero-order valence-corrected chi connectivity index (χ0v) is 16.6. The average Bonchev–Trinajstić information content (AvgIpc) is 2.70. The first kappa shape index (κ1) is 19.1. The summed E-state index contributed by atoms with van der Waals surface area (Å²) in [5, 5.41) is 0. The number of benzene rings is 2. The van der Waals surface area contributed by atoms with Gasteiger partial charge in [0, 0.05) is 31.9 Å². The topological polar surface area (TPSA) is 42.0 Å². The number of para-hydroxylation sites is 2. The van der Waals surface area contributed by atoms with Gasteiger partial charge in [0.1, 0.15) is 0 Å². The summed E-state index contributed by atoms with van der Waals surface area (Å²) in [5.74, 6) is 1.24. The normalized spacial score (nSPS) is 15.4. The van der Waals surface area contributed by atoms with Crippen LogP contribution in [0.25, 0.3) is 0 Å². The molecule has 1 heterocycles. The molecule has 2 aromatic carbocycles. The molecule has 0 aromatic heterocycles. The zero-order chi connectivity index (χ0) is 19.4. The molecule has 5 nitrogen and oxygen atoms in total. The highest BCUT2D eigenvalue weighted by Gasteiger charge is 2.27. The number of amides is 1. The van der Waals surface area contributed by atoms with Crippen molar-refractivity contribution in [1.29, 1.82) is 0 Å². The lowest BCUT2D eigenvalue weighted by Gasteiger charge is -2.38. The maximum atomic E-state index is 12.8. The number of anilines is 1. The summed E-state index contributed by atoms with van der Waals surface area (Å²) in [5.41, 5.74) is 3.87. The summed E-state index contributed by atoms with van der Waals surface area (Å²) >= 11 is 0. The number of hydrogen-bond acceptors (Lipinski definition) is 4. The molecule has 0 spiro atoms. The Kier molecular flexibility index (Phi) is 5.89. The number of carbonyl (C=O) groups excluding carboxylic acids is 1. The molecular weight excluding hydrogens is 340 g/mol. The molecule has 2 aromatic rings. The van der Waals surface area contributed by atoms with Gasteiger partial charge in [-0.1, -0.05) is 24.3 Å². The van der Waals surface area contributed by atoms with Crippen LogP contribution in [0.2, 0.25) is 0 Å². The van der Waals surface area contributed by atoms with Gasteiger partial charge in [0.2, 0.25) is 0 Å². The number of hydrogen-bond donors (Lipinski definition) is 0. The highest BCUT2D eigenvalue weighted by molar-refractivity contribution is 5.81. The Bertz CT molecular complexity index is 798. The first-order chi connectivity index (χ1) is 13.0. The highest BCUT2D eigenvalue weighted by atomic mass is 16.5. The molecule has 0 N–H and O–H groups in total. The Balaban J connectivity index is 1.60. The summed E-state index contributed by atoms with van der Waals surface area (Å²) in [6.07, 6.45) is -0.548. The smallest absolute Gasteiger partial charge is 0.263 e. The van der Waals surface area contributed by atoms with Crippen LogP contribution in [-0.4, -0.2) is 50.2 Å². The number of methoxy groups -OCH3 is 1. The maximum absolute atomic E-state index is 12.8. The van der Waals surface area contributed by atoms with E-state index in [0.29, 0.717) is 24.6 Å². The molecule has 1 amide bonds. The molecule has 0 saturated carbocycles. The third-order valence-corrected chi connectivity index (χ3v) is 5.23. The Morgan fingerprint density at radius 2 is 1.63 bits per heavy atom. The first-order valence-electron chi connectivity index (χ1n) is 9.41. The van der Waals surface area contributed by atoms with E-state index in [0.717, 1.165) is 13.1 Å². The van der Waals surface area contributed by atoms with Crippen molar-refractivity contribution in [2.45, 2.75) is 26.9 Å². The van der Waals surface area contributed by atoms with Crippen molar-refractivity contribution in [3.05, 3.63) is 53.6 Å². The molecular formula is C22H28N2O3. The lowest BCUT2D eigenvalue weighted by atomic mass is 10.1. The van der Waals surface area contributed by atoms with Crippen molar-refractivity contribution in [2.24, 2.45) is 0 Å². The molecule has 1 fully saturated rings. The van der Waals surface area contributed by atoms with Gasteiger partial charge in [-0.2, -0.15) is 0 Å². The fourth-order valence-electron chi connectivity index (χ4n) is 3.46. The molecule has 1 aliphatic rings. The van der Waals surface area contributed by atoms with Crippen LogP contribution in [0.3, 0.4) is 0 Å². The number of piperazine rings is 1. The summed E-state index contributed by atoms with van der Waals surface area (Å²) in [7, 11) is 1.60. The van der Waals surface area contributed by atoms with E-state index in [1.807, 2.05) is 29.2 Å². The Morgan fingerprint density at radius 3 is 2.30 bits per heavy atom. The summed E-state index contributed by atoms with van der Waals surface area (Å²) in [4.78, 5) is 17.1. The van der Waals surface area contributed by atoms with Crippen molar-refractivity contribution in [3.63, 3.8) is 0 Å². The molecule has 1 unspecified atom stereocenters. The number of aryl methyl sites for hydroxylation is 1. The molecule has 0 bridgehead atoms. The van der Waals surface area contributed by atoms with E-state index in [1.165, 1.54) is 16.8 Å². The average molecular weight is 368 g/mol. The van der Waals surface area contributed by atoms with Crippen molar-refractivity contribution in [3.8, 4) is 11.5 Å². The summed E-state index contributed by atoms with van der Waals surface area (Å²) in [6.45, 7) is 9.15. The van der Waals surface area contributed by atoms with Gasteiger partial charge in [-0.25, -0.2) is 0 Å². The second-order valence-corrected chi connectivity index (χ2v) is 6.94. The molecule has 144 valence electrons. The minimum absolute atomic E-state index is 0.0153. The predicted molar refractivity (Wildman–Crippen MR) is 108 cm³/mol. The van der Waals surface area contributed by atoms with Crippen LogP contribution in [0.4, 0.5) is 5.69 Å². The van der Waals surface area contributed by atoms with Gasteiger partial charge < -0.3 is 19.3 Å². The maximum Gasteiger partial charge on any atom is 0.263 e. The van der Waals surface area contributed by atoms with E-state index in [9.17, 15) is 4.79 Å². The lowest BCUT2D eigenvalue weighted by molar-refractivity contribution is -0.138. The molecule has 5 heteroatoms. The van der Waals surface area contributed by atoms with E-state index in [1.54, 1.807) is 14.0 Å². The van der Waals surface area contributed by atoms with E-state index < -0.39 is 6.10 Å². The fourth-order valence-corrected chi connectivity index (χ4v) is 3.46. The number of ether oxygens (including phenoxy) is 2. The monoisotopic (exact) mass is 368 g/mol. The van der Waals surface area contributed by atoms with Crippen LogP contribution in [-0.2, 0) is 4.79 Å². The zero-order valence-electron chi connectivity index (χ0n) is 16.6. The molecule has 0 aliphatic carbocycles. The van der Waals surface area contributed by atoms with Gasteiger partial charge in [0.25, 0.3) is 5.91 Å². The van der Waals surface area contributed by atoms with Crippen molar-refractivity contribution < 1.29 is 14.3 Å². The second kappa shape index (κ2) is 8.33. The van der Waals surface area contributed by atoms with Crippen molar-refractivity contribution in [1.82, 2.24) is 4.90 Å². The summed E-state index contributed by atoms with van der Waals surface area (Å²) < 4.78 is 11.2. The van der Waals surface area contributed by atoms with Gasteiger partial charge in [0.15, 0.2) is 17.6 Å². The van der Waals surface area contributed by atoms with Crippen LogP contribution in [0, 0.1) is 13.8 Å². The molecule has 1 atom stereocenters. The molecule has 27 heavy (non-hydrogen) atoms. The first-order valence-corrected chi connectivity index (χ1v) is 9.41. The predicted octanol–water partition coefficient (Wildman–Crippen LogP) is 3.43. The minimum atomic E-state index is -0.548. The lowest BCUT2D eigenvalue weighted by Crippen LogP contribution is -2.52. The van der Waals surface area contributed by atoms with Gasteiger partial charge in [-0.15, -0.1) is 0 Å². The Hall–Kier alpha value is -2.69. The van der Waals surface area contributed by atoms with Gasteiger partial charge in [-0.3, -0.25) is 4.79 Å². The summed E-state index contributed by atoms with van der Waals surface area (Å²) in [6, 6.07) is 13.8. The SMILES string of the molecule is COc1ccccc1OC(C)C(=O)N1CCN(c2cccc(C)c2C)CC1. The third-order valence-electron chi connectivity index (χ3n) is 5.23. The van der Waals surface area contributed by atoms with E-state index in [4.69, 9.17) is 9.47 Å². The third kappa shape index (κ3) is 4.18. The number of rotatable bonds is 5. The number of carbonyl (C=O) groups is 1. The van der Waals surface area contributed by atoms with Crippen LogP contribution in [0.15, 0.2) is 42.5 Å². The molecule has 3 rings (SSSR count). The molecule has 1 aliphatic heterocycles. The van der Waals surface area contributed by atoms with Crippen LogP contribution in [0.5, 0.6) is 11.5 Å². The Labute approximate surface area is 161 Å². The number of nitrogens with zero attached hydrogens (tertiary/aromatic N) is 2. The van der Waals surface area contributed by atoms with Crippen LogP contribution >= 0.6 is 0 Å². The van der Waals surface area contributed by atoms with E-state index in [-0.39, 0.29) is 5.91 Å². The molecule has 0 radical (unpaired) electrons. The quantitative estimate of drug-likeness (QED) is 0.811. The van der Waals surface area contributed by atoms with Crippen molar-refractivity contribution >= 4 is 11.6 Å². The van der Waals surface area contributed by atoms with Crippen molar-refractivity contribution in [2.75, 3.05) is 38.2 Å². The van der Waals surface area contributed by atoms with E-state index in [2.05, 4.69) is 36.9 Å². The largest absolute Gasteiger partial charge is 0.493 e. The second-order valence-electron chi connectivity index (χ2n) is 6.94. The Morgan fingerprint density at radius 1 is 0.963 bits per heavy atom. The van der Waals surface area contributed by atoms with Crippen LogP contribution < -0.4 is 14.4 Å². The standard InChI is InChI=1S/C22H28N2O3/c1-16-8-7-9-19(17(16)2)23-12-14-24(15-13-23)22(25)18(3)27-21-11-6-5-10-20(21)26-4/h5-11,18H,12-15H2,1-4H3. The fraction of sp³-hybridized carbons (Fsp3) is 0.409. The minimum Gasteiger partial charge on any atom is -0.493 e. The van der Waals surface area contributed by atoms with E-state index >= 15 is 0 Å². The van der Waals surface area contributed by atoms with Gasteiger partial charge >= 0.3 is 0 Å². The van der Waals surface area contributed by atoms with Gasteiger partial charge in [-0.05, 0) is 50.1 Å². The van der Waals surface area contributed by atoms with Gasteiger partial charge in [0.05, 0.1) is 7.11 Å². The van der Waals surface area contributed by atoms with Crippen LogP contribution in [0.1, 0.15) is 18.1 Å². The highest BCUT2D eigenvalue weighted by Crippen LogP contribution is 2.27.